The predicted molar refractivity (Wildman–Crippen MR) is 121 cm³/mol. The van der Waals surface area contributed by atoms with Crippen molar-refractivity contribution in [2.24, 2.45) is 12.0 Å². The number of hydrogen-bond acceptors (Lipinski definition) is 8. The Labute approximate surface area is 185 Å². The smallest absolute Gasteiger partial charge is 0.284 e. The third-order valence-corrected chi connectivity index (χ3v) is 6.61. The molecular weight excluding hydrogens is 404 g/mol. The van der Waals surface area contributed by atoms with Crippen molar-refractivity contribution >= 4 is 28.9 Å². The Hall–Kier alpha value is -3.62. The van der Waals surface area contributed by atoms with E-state index in [0.717, 1.165) is 61.4 Å². The SMILES string of the molecule is CCCc1nnc(-c2nc3c(N4CCC5(C=Nc6ccccc65)CC4)ncnc3n2C)o1. The molecule has 162 valence electrons. The fraction of sp³-hybridized carbons (Fsp3) is 0.391. The van der Waals surface area contributed by atoms with Gasteiger partial charge in [-0.15, -0.1) is 10.2 Å². The Morgan fingerprint density at radius 1 is 1.09 bits per heavy atom. The summed E-state index contributed by atoms with van der Waals surface area (Å²) < 4.78 is 7.72. The number of rotatable bonds is 4. The van der Waals surface area contributed by atoms with Crippen molar-refractivity contribution in [3.63, 3.8) is 0 Å². The van der Waals surface area contributed by atoms with Crippen LogP contribution in [-0.4, -0.2) is 49.0 Å². The zero-order valence-corrected chi connectivity index (χ0v) is 18.2. The second-order valence-corrected chi connectivity index (χ2v) is 8.53. The first-order valence-electron chi connectivity index (χ1n) is 11.1. The Kier molecular flexibility index (Phi) is 4.31. The number of para-hydroxylation sites is 1. The van der Waals surface area contributed by atoms with Crippen LogP contribution in [0.4, 0.5) is 11.5 Å². The number of aryl methyl sites for hydroxylation is 2. The first-order chi connectivity index (χ1) is 15.7. The van der Waals surface area contributed by atoms with Gasteiger partial charge in [-0.1, -0.05) is 25.1 Å². The highest BCUT2D eigenvalue weighted by Gasteiger charge is 2.40. The third-order valence-electron chi connectivity index (χ3n) is 6.61. The molecule has 0 atom stereocenters. The number of nitrogens with zero attached hydrogens (tertiary/aromatic N) is 8. The summed E-state index contributed by atoms with van der Waals surface area (Å²) in [5, 5.41) is 8.33. The maximum absolute atomic E-state index is 5.82. The molecule has 1 saturated heterocycles. The van der Waals surface area contributed by atoms with Gasteiger partial charge in [0.2, 0.25) is 11.7 Å². The quantitative estimate of drug-likeness (QED) is 0.489. The van der Waals surface area contributed by atoms with Crippen molar-refractivity contribution in [2.45, 2.75) is 38.0 Å². The Morgan fingerprint density at radius 2 is 1.94 bits per heavy atom. The van der Waals surface area contributed by atoms with Gasteiger partial charge in [0.25, 0.3) is 5.89 Å². The van der Waals surface area contributed by atoms with Gasteiger partial charge in [-0.25, -0.2) is 15.0 Å². The van der Waals surface area contributed by atoms with Crippen LogP contribution in [0.5, 0.6) is 0 Å². The lowest BCUT2D eigenvalue weighted by Crippen LogP contribution is -2.43. The maximum atomic E-state index is 5.82. The van der Waals surface area contributed by atoms with E-state index in [1.54, 1.807) is 6.33 Å². The number of piperidine rings is 1. The van der Waals surface area contributed by atoms with Crippen molar-refractivity contribution in [1.29, 1.82) is 0 Å². The van der Waals surface area contributed by atoms with Crippen LogP contribution in [0, 0.1) is 0 Å². The zero-order chi connectivity index (χ0) is 21.7. The molecule has 0 aliphatic carbocycles. The van der Waals surface area contributed by atoms with E-state index in [4.69, 9.17) is 9.40 Å². The predicted octanol–water partition coefficient (Wildman–Crippen LogP) is 3.62. The fourth-order valence-electron chi connectivity index (χ4n) is 4.85. The van der Waals surface area contributed by atoms with Gasteiger partial charge in [0.05, 0.1) is 5.69 Å². The first-order valence-corrected chi connectivity index (χ1v) is 11.1. The average molecular weight is 429 g/mol. The minimum atomic E-state index is 0.0218. The fourth-order valence-corrected chi connectivity index (χ4v) is 4.85. The van der Waals surface area contributed by atoms with Gasteiger partial charge in [-0.2, -0.15) is 0 Å². The van der Waals surface area contributed by atoms with Crippen LogP contribution < -0.4 is 4.90 Å². The van der Waals surface area contributed by atoms with Crippen LogP contribution in [0.25, 0.3) is 22.9 Å². The van der Waals surface area contributed by atoms with Crippen molar-refractivity contribution < 1.29 is 4.42 Å². The van der Waals surface area contributed by atoms with Gasteiger partial charge in [0, 0.05) is 38.2 Å². The first kappa shape index (κ1) is 19.1. The van der Waals surface area contributed by atoms with Crippen LogP contribution in [0.15, 0.2) is 40.0 Å². The molecule has 0 N–H and O–H groups in total. The van der Waals surface area contributed by atoms with Crippen LogP contribution in [-0.2, 0) is 18.9 Å². The van der Waals surface area contributed by atoms with E-state index >= 15 is 0 Å². The Morgan fingerprint density at radius 3 is 2.78 bits per heavy atom. The zero-order valence-electron chi connectivity index (χ0n) is 18.2. The largest absolute Gasteiger partial charge is 0.418 e. The monoisotopic (exact) mass is 428 g/mol. The van der Waals surface area contributed by atoms with Crippen LogP contribution in [0.2, 0.25) is 0 Å². The van der Waals surface area contributed by atoms with Crippen molar-refractivity contribution in [1.82, 2.24) is 29.7 Å². The van der Waals surface area contributed by atoms with Crippen LogP contribution in [0.3, 0.4) is 0 Å². The van der Waals surface area contributed by atoms with Gasteiger partial charge in [0.15, 0.2) is 17.0 Å². The molecule has 4 aromatic rings. The molecular formula is C23H24N8O. The van der Waals surface area contributed by atoms with Crippen molar-refractivity contribution in [2.75, 3.05) is 18.0 Å². The molecule has 0 saturated carbocycles. The van der Waals surface area contributed by atoms with E-state index in [0.29, 0.717) is 17.6 Å². The Balaban J connectivity index is 1.32. The van der Waals surface area contributed by atoms with Gasteiger partial charge in [0.1, 0.15) is 6.33 Å². The average Bonchev–Trinajstić information content (AvgIpc) is 3.52. The summed E-state index contributed by atoms with van der Waals surface area (Å²) in [6, 6.07) is 8.46. The molecule has 9 heteroatoms. The molecule has 1 spiro atoms. The standard InChI is InChI=1S/C23H24N8O/c1-3-6-17-28-29-22(32-17)21-27-18-19(30(21)2)25-14-26-20(18)31-11-9-23(10-12-31)13-24-16-8-5-4-7-15(16)23/h4-5,7-8,13-14H,3,6,9-12H2,1-2H3. The van der Waals surface area contributed by atoms with E-state index in [-0.39, 0.29) is 5.41 Å². The van der Waals surface area contributed by atoms with Crippen molar-refractivity contribution in [3.05, 3.63) is 42.0 Å². The molecule has 6 rings (SSSR count). The lowest BCUT2D eigenvalue weighted by Gasteiger charge is -2.38. The minimum Gasteiger partial charge on any atom is -0.418 e. The highest BCUT2D eigenvalue weighted by molar-refractivity contribution is 5.88. The molecule has 32 heavy (non-hydrogen) atoms. The van der Waals surface area contributed by atoms with Crippen LogP contribution in [0.1, 0.15) is 37.6 Å². The molecule has 5 heterocycles. The number of aromatic nitrogens is 6. The highest BCUT2D eigenvalue weighted by Crippen LogP contribution is 2.44. The van der Waals surface area contributed by atoms with Gasteiger partial charge < -0.3 is 13.9 Å². The molecule has 9 nitrogen and oxygen atoms in total. The molecule has 2 aliphatic rings. The van der Waals surface area contributed by atoms with E-state index < -0.39 is 0 Å². The number of imidazole rings is 1. The maximum Gasteiger partial charge on any atom is 0.284 e. The summed E-state index contributed by atoms with van der Waals surface area (Å²) in [7, 11) is 1.92. The molecule has 1 fully saturated rings. The summed E-state index contributed by atoms with van der Waals surface area (Å²) in [5.41, 5.74) is 3.98. The van der Waals surface area contributed by atoms with Crippen molar-refractivity contribution in [3.8, 4) is 11.7 Å². The molecule has 0 radical (unpaired) electrons. The number of benzene rings is 1. The van der Waals surface area contributed by atoms with Gasteiger partial charge in [-0.3, -0.25) is 4.99 Å². The number of hydrogen-bond donors (Lipinski definition) is 0. The normalized spacial score (nSPS) is 16.9. The lowest BCUT2D eigenvalue weighted by atomic mass is 9.74. The number of anilines is 1. The molecule has 0 unspecified atom stereocenters. The third kappa shape index (κ3) is 2.84. The van der Waals surface area contributed by atoms with E-state index in [9.17, 15) is 0 Å². The molecule has 0 bridgehead atoms. The lowest BCUT2D eigenvalue weighted by molar-refractivity contribution is 0.444. The summed E-state index contributed by atoms with van der Waals surface area (Å²) in [6.45, 7) is 3.83. The summed E-state index contributed by atoms with van der Waals surface area (Å²) in [4.78, 5) is 20.9. The van der Waals surface area contributed by atoms with Gasteiger partial charge >= 0.3 is 0 Å². The molecule has 3 aromatic heterocycles. The highest BCUT2D eigenvalue weighted by atomic mass is 16.4. The van der Waals surface area contributed by atoms with E-state index in [1.165, 1.54) is 5.56 Å². The summed E-state index contributed by atoms with van der Waals surface area (Å²) in [6.07, 6.45) is 7.43. The summed E-state index contributed by atoms with van der Waals surface area (Å²) >= 11 is 0. The van der Waals surface area contributed by atoms with E-state index in [1.807, 2.05) is 11.6 Å². The Bertz CT molecular complexity index is 1330. The summed E-state index contributed by atoms with van der Waals surface area (Å²) in [5.74, 6) is 2.50. The molecule has 2 aliphatic heterocycles. The van der Waals surface area contributed by atoms with E-state index in [2.05, 4.69) is 67.5 Å². The molecule has 1 aromatic carbocycles. The number of aliphatic imine (C=N–C) groups is 1. The van der Waals surface area contributed by atoms with Crippen LogP contribution >= 0.6 is 0 Å². The molecule has 0 amide bonds. The van der Waals surface area contributed by atoms with Gasteiger partial charge in [-0.05, 0) is 30.9 Å². The topological polar surface area (TPSA) is 98.1 Å². The minimum absolute atomic E-state index is 0.0218. The second-order valence-electron chi connectivity index (χ2n) is 8.53. The second kappa shape index (κ2) is 7.22. The number of fused-ring (bicyclic) bond motifs is 3.